The first-order valence-corrected chi connectivity index (χ1v) is 11.6. The van der Waals surface area contributed by atoms with Gasteiger partial charge in [-0.15, -0.1) is 0 Å². The van der Waals surface area contributed by atoms with Crippen LogP contribution in [0.25, 0.3) is 0 Å². The van der Waals surface area contributed by atoms with Gasteiger partial charge < -0.3 is 9.84 Å². The lowest BCUT2D eigenvalue weighted by Crippen LogP contribution is -2.84. The summed E-state index contributed by atoms with van der Waals surface area (Å²) in [6.07, 6.45) is -3.01. The van der Waals surface area contributed by atoms with Crippen molar-refractivity contribution in [1.29, 1.82) is 0 Å². The van der Waals surface area contributed by atoms with E-state index in [-0.39, 0.29) is 11.8 Å². The summed E-state index contributed by atoms with van der Waals surface area (Å²) >= 11 is 0. The van der Waals surface area contributed by atoms with Gasteiger partial charge in [-0.3, -0.25) is 0 Å². The average molecular weight is 546 g/mol. The van der Waals surface area contributed by atoms with Crippen molar-refractivity contribution in [2.24, 2.45) is 29.6 Å². The minimum absolute atomic E-state index is 0.269. The van der Waals surface area contributed by atoms with Crippen molar-refractivity contribution in [1.82, 2.24) is 0 Å². The maximum absolute atomic E-state index is 15.0. The Hall–Kier alpha value is -1.34. The Morgan fingerprint density at radius 2 is 1.08 bits per heavy atom. The second kappa shape index (κ2) is 7.62. The number of carbonyl (C=O) groups is 1. The number of esters is 1. The van der Waals surface area contributed by atoms with E-state index in [9.17, 15) is 53.8 Å². The fourth-order valence-corrected chi connectivity index (χ4v) is 7.28. The van der Waals surface area contributed by atoms with E-state index < -0.39 is 65.3 Å². The Labute approximate surface area is 198 Å². The number of carbonyl (C=O) groups excluding carboxylic acids is 1. The fourth-order valence-electron chi connectivity index (χ4n) is 7.28. The molecule has 0 aromatic rings. The van der Waals surface area contributed by atoms with Crippen LogP contribution >= 0.6 is 0 Å². The molecule has 0 aromatic carbocycles. The highest BCUT2D eigenvalue weighted by Crippen LogP contribution is 2.70. The van der Waals surface area contributed by atoms with Gasteiger partial charge in [0.1, 0.15) is 5.60 Å². The zero-order chi connectivity index (χ0) is 27.5. The van der Waals surface area contributed by atoms with Crippen LogP contribution in [-0.4, -0.2) is 58.1 Å². The molecule has 0 amide bonds. The monoisotopic (exact) mass is 546 g/mol. The number of hydrogen-bond acceptors (Lipinski definition) is 3. The van der Waals surface area contributed by atoms with Crippen LogP contribution in [0.2, 0.25) is 0 Å². The molecule has 0 radical (unpaired) electrons. The molecule has 5 saturated carbocycles. The molecule has 0 spiro atoms. The lowest BCUT2D eigenvalue weighted by Gasteiger charge is -2.62. The number of rotatable bonds is 5. The molecule has 36 heavy (non-hydrogen) atoms. The third-order valence-electron chi connectivity index (χ3n) is 8.91. The SMILES string of the molecule is CC(C)C1(OC(=O)C(O)CC2(F)C(F)(F)C(F)(F)C(F)(F)C(F)(F)C2(F)F)C2CC3CC(C2)CC1C3. The summed E-state index contributed by atoms with van der Waals surface area (Å²) in [5.74, 6) is -38.4. The standard InChI is InChI=1S/C22H25F11O3/c1-9(2)17(12-4-10-3-11(6-12)7-13(17)5-10)36-15(35)14(34)8-16(23)18(24,25)20(28,29)22(32,33)21(30,31)19(16,26)27/h9-14,34H,3-8H2,1-2H3. The van der Waals surface area contributed by atoms with Crippen molar-refractivity contribution >= 4 is 5.97 Å². The molecule has 5 aliphatic carbocycles. The van der Waals surface area contributed by atoms with E-state index in [4.69, 9.17) is 4.74 Å². The molecule has 5 rings (SSSR count). The summed E-state index contributed by atoms with van der Waals surface area (Å²) in [5, 5.41) is 10.1. The van der Waals surface area contributed by atoms with Gasteiger partial charge in [-0.05, 0) is 61.7 Å². The topological polar surface area (TPSA) is 46.5 Å². The number of aliphatic hydroxyl groups is 1. The van der Waals surface area contributed by atoms with E-state index in [1.807, 2.05) is 0 Å². The molecular weight excluding hydrogens is 521 g/mol. The lowest BCUT2D eigenvalue weighted by molar-refractivity contribution is -0.486. The second-order valence-electron chi connectivity index (χ2n) is 11.1. The van der Waals surface area contributed by atoms with E-state index in [1.165, 1.54) is 0 Å². The highest BCUT2D eigenvalue weighted by Gasteiger charge is 3.01. The molecule has 1 unspecified atom stereocenters. The maximum Gasteiger partial charge on any atom is 0.384 e. The average Bonchev–Trinajstić information content (AvgIpc) is 2.73. The van der Waals surface area contributed by atoms with Crippen molar-refractivity contribution in [2.45, 2.75) is 99.4 Å². The molecule has 0 aromatic heterocycles. The molecule has 1 atom stereocenters. The first kappa shape index (κ1) is 27.7. The third-order valence-corrected chi connectivity index (χ3v) is 8.91. The Kier molecular flexibility index (Phi) is 5.86. The summed E-state index contributed by atoms with van der Waals surface area (Å²) in [6.45, 7) is 3.29. The normalized spacial score (nSPS) is 41.2. The van der Waals surface area contributed by atoms with E-state index in [2.05, 4.69) is 0 Å². The summed E-state index contributed by atoms with van der Waals surface area (Å²) in [4.78, 5) is 12.7. The molecule has 14 heteroatoms. The minimum atomic E-state index is -7.35. The number of hydrogen-bond donors (Lipinski definition) is 1. The molecule has 0 aliphatic heterocycles. The molecule has 0 saturated heterocycles. The highest BCUT2D eigenvalue weighted by atomic mass is 19.4. The molecule has 3 nitrogen and oxygen atoms in total. The van der Waals surface area contributed by atoms with E-state index in [0.717, 1.165) is 6.42 Å². The third kappa shape index (κ3) is 2.99. The van der Waals surface area contributed by atoms with Gasteiger partial charge in [0.2, 0.25) is 0 Å². The quantitative estimate of drug-likeness (QED) is 0.339. The van der Waals surface area contributed by atoms with E-state index in [1.54, 1.807) is 13.8 Å². The van der Waals surface area contributed by atoms with Crippen molar-refractivity contribution in [2.75, 3.05) is 0 Å². The van der Waals surface area contributed by atoms with Crippen molar-refractivity contribution in [3.8, 4) is 0 Å². The van der Waals surface area contributed by atoms with Crippen LogP contribution in [-0.2, 0) is 9.53 Å². The van der Waals surface area contributed by atoms with Gasteiger partial charge in [0.05, 0.1) is 0 Å². The summed E-state index contributed by atoms with van der Waals surface area (Å²) in [6, 6.07) is 0. The smallest absolute Gasteiger partial charge is 0.384 e. The van der Waals surface area contributed by atoms with Gasteiger partial charge in [0, 0.05) is 6.42 Å². The number of halogens is 11. The minimum Gasteiger partial charge on any atom is -0.456 e. The predicted molar refractivity (Wildman–Crippen MR) is 99.9 cm³/mol. The number of aliphatic hydroxyl groups excluding tert-OH is 1. The molecule has 5 aliphatic rings. The highest BCUT2D eigenvalue weighted by molar-refractivity contribution is 5.75. The van der Waals surface area contributed by atoms with Crippen LogP contribution in [0.15, 0.2) is 0 Å². The largest absolute Gasteiger partial charge is 0.456 e. The van der Waals surface area contributed by atoms with Crippen molar-refractivity contribution in [3.05, 3.63) is 0 Å². The Morgan fingerprint density at radius 3 is 1.44 bits per heavy atom. The van der Waals surface area contributed by atoms with Crippen molar-refractivity contribution < 1.29 is 62.9 Å². The fraction of sp³-hybridized carbons (Fsp3) is 0.955. The van der Waals surface area contributed by atoms with Crippen molar-refractivity contribution in [3.63, 3.8) is 0 Å². The van der Waals surface area contributed by atoms with Gasteiger partial charge in [-0.1, -0.05) is 13.8 Å². The van der Waals surface area contributed by atoms with Crippen LogP contribution in [0.1, 0.15) is 52.4 Å². The van der Waals surface area contributed by atoms with Crippen LogP contribution in [0.3, 0.4) is 0 Å². The first-order chi connectivity index (χ1) is 16.1. The van der Waals surface area contributed by atoms with Gasteiger partial charge in [-0.2, -0.15) is 43.9 Å². The Balaban J connectivity index is 1.65. The van der Waals surface area contributed by atoms with E-state index in [0.29, 0.717) is 37.5 Å². The van der Waals surface area contributed by atoms with Gasteiger partial charge in [0.15, 0.2) is 6.10 Å². The molecule has 0 heterocycles. The van der Waals surface area contributed by atoms with Crippen LogP contribution in [0.5, 0.6) is 0 Å². The lowest BCUT2D eigenvalue weighted by atomic mass is 9.47. The zero-order valence-corrected chi connectivity index (χ0v) is 19.1. The molecule has 208 valence electrons. The number of alkyl halides is 11. The molecular formula is C22H25F11O3. The Bertz CT molecular complexity index is 859. The Morgan fingerprint density at radius 1 is 0.722 bits per heavy atom. The summed E-state index contributed by atoms with van der Waals surface area (Å²) < 4.78 is 159. The maximum atomic E-state index is 15.0. The van der Waals surface area contributed by atoms with Gasteiger partial charge in [0.25, 0.3) is 5.67 Å². The first-order valence-electron chi connectivity index (χ1n) is 11.6. The van der Waals surface area contributed by atoms with Crippen LogP contribution < -0.4 is 0 Å². The van der Waals surface area contributed by atoms with Crippen LogP contribution in [0, 0.1) is 29.6 Å². The van der Waals surface area contributed by atoms with Gasteiger partial charge in [-0.25, -0.2) is 9.18 Å². The molecule has 4 bridgehead atoms. The van der Waals surface area contributed by atoms with Gasteiger partial charge >= 0.3 is 35.6 Å². The predicted octanol–water partition coefficient (Wildman–Crippen LogP) is 6.03. The second-order valence-corrected chi connectivity index (χ2v) is 11.1. The molecule has 5 fully saturated rings. The van der Waals surface area contributed by atoms with E-state index >= 15 is 4.39 Å². The van der Waals surface area contributed by atoms with Crippen LogP contribution in [0.4, 0.5) is 48.3 Å². The summed E-state index contributed by atoms with van der Waals surface area (Å²) in [5.41, 5.74) is -7.74. The number of ether oxygens (including phenoxy) is 1. The zero-order valence-electron chi connectivity index (χ0n) is 19.1. The molecule has 1 N–H and O–H groups in total. The summed E-state index contributed by atoms with van der Waals surface area (Å²) in [7, 11) is 0.